The minimum Gasteiger partial charge on any atom is -0.489 e. The highest BCUT2D eigenvalue weighted by molar-refractivity contribution is 7.91. The third kappa shape index (κ3) is 5.84. The van der Waals surface area contributed by atoms with Gasteiger partial charge in [-0.1, -0.05) is 11.6 Å². The van der Waals surface area contributed by atoms with Crippen LogP contribution < -0.4 is 24.8 Å². The highest BCUT2D eigenvalue weighted by Crippen LogP contribution is 2.40. The first-order chi connectivity index (χ1) is 17.2. The zero-order chi connectivity index (χ0) is 25.9. The van der Waals surface area contributed by atoms with Gasteiger partial charge in [-0.15, -0.1) is 11.6 Å². The Labute approximate surface area is 218 Å². The van der Waals surface area contributed by atoms with Gasteiger partial charge < -0.3 is 20.1 Å². The summed E-state index contributed by atoms with van der Waals surface area (Å²) in [6.45, 7) is 1.07. The molecule has 3 aromatic rings. The highest BCUT2D eigenvalue weighted by atomic mass is 35.5. The van der Waals surface area contributed by atoms with Crippen molar-refractivity contribution in [3.63, 3.8) is 0 Å². The van der Waals surface area contributed by atoms with Gasteiger partial charge in [0.15, 0.2) is 5.75 Å². The van der Waals surface area contributed by atoms with Crippen molar-refractivity contribution in [2.45, 2.75) is 13.0 Å². The van der Waals surface area contributed by atoms with Crippen molar-refractivity contribution in [2.75, 3.05) is 40.6 Å². The summed E-state index contributed by atoms with van der Waals surface area (Å²) in [5.74, 6) is 1.27. The standard InChI is InChI=1S/C23H22Cl2N6O4S/c1-36(32,33)30-23-28-12-16(22(27)29-23)13-35-18-2-3-20-14(9-18)4-6-31(20)17-8-15(11-26)21(19(25)10-17)34-7-5-24/h2-3,8-10,12H,4-7,13H2,1H3,(H3,27,28,29,30). The predicted octanol–water partition coefficient (Wildman–Crippen LogP) is 3.85. The molecule has 0 amide bonds. The summed E-state index contributed by atoms with van der Waals surface area (Å²) in [5, 5.41) is 9.92. The lowest BCUT2D eigenvalue weighted by Crippen LogP contribution is -2.14. The molecule has 1 aromatic heterocycles. The van der Waals surface area contributed by atoms with Crippen LogP contribution in [0.4, 0.5) is 23.1 Å². The summed E-state index contributed by atoms with van der Waals surface area (Å²) in [4.78, 5) is 10.0. The fraction of sp³-hybridized carbons (Fsp3) is 0.261. The average Bonchev–Trinajstić information content (AvgIpc) is 3.24. The molecule has 13 heteroatoms. The summed E-state index contributed by atoms with van der Waals surface area (Å²) >= 11 is 12.1. The number of hydrogen-bond acceptors (Lipinski definition) is 9. The van der Waals surface area contributed by atoms with Crippen LogP contribution in [0.1, 0.15) is 16.7 Å². The number of ether oxygens (including phenoxy) is 2. The first-order valence-corrected chi connectivity index (χ1v) is 13.5. The number of nitrogen functional groups attached to an aromatic ring is 1. The van der Waals surface area contributed by atoms with E-state index in [-0.39, 0.29) is 30.9 Å². The molecule has 36 heavy (non-hydrogen) atoms. The Morgan fingerprint density at radius 3 is 2.78 bits per heavy atom. The topological polar surface area (TPSA) is 143 Å². The smallest absolute Gasteiger partial charge is 0.238 e. The number of nitrogens with two attached hydrogens (primary N) is 1. The number of halogens is 2. The zero-order valence-electron chi connectivity index (χ0n) is 19.2. The molecule has 0 atom stereocenters. The lowest BCUT2D eigenvalue weighted by atomic mass is 10.1. The van der Waals surface area contributed by atoms with Gasteiger partial charge in [-0.3, -0.25) is 4.72 Å². The van der Waals surface area contributed by atoms with E-state index in [4.69, 9.17) is 38.4 Å². The van der Waals surface area contributed by atoms with Gasteiger partial charge >= 0.3 is 0 Å². The van der Waals surface area contributed by atoms with E-state index < -0.39 is 10.0 Å². The van der Waals surface area contributed by atoms with E-state index in [0.717, 1.165) is 29.6 Å². The highest BCUT2D eigenvalue weighted by Gasteiger charge is 2.23. The van der Waals surface area contributed by atoms with Crippen molar-refractivity contribution in [1.82, 2.24) is 9.97 Å². The minimum atomic E-state index is -3.51. The molecule has 1 aliphatic rings. The number of nitrogens with one attached hydrogen (secondary N) is 1. The number of fused-ring (bicyclic) bond motifs is 1. The van der Waals surface area contributed by atoms with Crippen LogP contribution in [0, 0.1) is 11.3 Å². The summed E-state index contributed by atoms with van der Waals surface area (Å²) < 4.78 is 36.2. The second-order valence-corrected chi connectivity index (χ2v) is 10.4. The Morgan fingerprint density at radius 2 is 2.08 bits per heavy atom. The van der Waals surface area contributed by atoms with E-state index in [1.165, 1.54) is 6.20 Å². The Bertz CT molecular complexity index is 1450. The molecule has 0 saturated heterocycles. The molecular formula is C23H22Cl2N6O4S. The van der Waals surface area contributed by atoms with Gasteiger partial charge in [-0.2, -0.15) is 10.2 Å². The molecule has 1 aliphatic heterocycles. The molecular weight excluding hydrogens is 527 g/mol. The van der Waals surface area contributed by atoms with E-state index in [0.29, 0.717) is 34.2 Å². The summed E-state index contributed by atoms with van der Waals surface area (Å²) in [7, 11) is -3.51. The monoisotopic (exact) mass is 548 g/mol. The normalized spacial score (nSPS) is 12.7. The van der Waals surface area contributed by atoms with E-state index in [9.17, 15) is 13.7 Å². The molecule has 4 rings (SSSR count). The van der Waals surface area contributed by atoms with Crippen LogP contribution in [0.2, 0.25) is 5.02 Å². The summed E-state index contributed by atoms with van der Waals surface area (Å²) in [6, 6.07) is 11.4. The number of sulfonamides is 1. The largest absolute Gasteiger partial charge is 0.489 e. The summed E-state index contributed by atoms with van der Waals surface area (Å²) in [5.41, 5.74) is 9.63. The number of nitrogens with zero attached hydrogens (tertiary/aromatic N) is 4. The third-order valence-corrected chi connectivity index (χ3v) is 6.29. The average molecular weight is 549 g/mol. The first-order valence-electron chi connectivity index (χ1n) is 10.7. The third-order valence-electron chi connectivity index (χ3n) is 5.30. The maximum absolute atomic E-state index is 11.3. The van der Waals surface area contributed by atoms with Crippen molar-refractivity contribution in [2.24, 2.45) is 0 Å². The van der Waals surface area contributed by atoms with Gasteiger partial charge in [0.25, 0.3) is 0 Å². The van der Waals surface area contributed by atoms with Crippen LogP contribution in [0.15, 0.2) is 36.5 Å². The molecule has 3 N–H and O–H groups in total. The van der Waals surface area contributed by atoms with Crippen LogP contribution in [0.5, 0.6) is 11.5 Å². The number of alkyl halides is 1. The maximum Gasteiger partial charge on any atom is 0.238 e. The Kier molecular flexibility index (Phi) is 7.59. The molecule has 188 valence electrons. The number of anilines is 4. The molecule has 2 heterocycles. The van der Waals surface area contributed by atoms with E-state index in [2.05, 4.69) is 25.7 Å². The van der Waals surface area contributed by atoms with Crippen molar-refractivity contribution >= 4 is 56.4 Å². The number of rotatable bonds is 9. The van der Waals surface area contributed by atoms with Gasteiger partial charge in [0.2, 0.25) is 16.0 Å². The molecule has 0 spiro atoms. The quantitative estimate of drug-likeness (QED) is 0.381. The van der Waals surface area contributed by atoms with Crippen LogP contribution in [0.3, 0.4) is 0 Å². The molecule has 0 radical (unpaired) electrons. The molecule has 10 nitrogen and oxygen atoms in total. The van der Waals surface area contributed by atoms with Gasteiger partial charge in [0.05, 0.1) is 28.3 Å². The SMILES string of the molecule is CS(=O)(=O)Nc1ncc(COc2ccc3c(c2)CCN3c2cc(Cl)c(OCCCl)c(C#N)c2)c(N)n1. The van der Waals surface area contributed by atoms with Gasteiger partial charge in [-0.25, -0.2) is 13.4 Å². The molecule has 0 fully saturated rings. The van der Waals surface area contributed by atoms with Crippen molar-refractivity contribution < 1.29 is 17.9 Å². The number of hydrogen-bond donors (Lipinski definition) is 2. The second-order valence-electron chi connectivity index (χ2n) is 7.91. The molecule has 0 aliphatic carbocycles. The van der Waals surface area contributed by atoms with Gasteiger partial charge in [-0.05, 0) is 42.3 Å². The number of benzene rings is 2. The van der Waals surface area contributed by atoms with E-state index >= 15 is 0 Å². The summed E-state index contributed by atoms with van der Waals surface area (Å²) in [6.07, 6.45) is 3.19. The lowest BCUT2D eigenvalue weighted by molar-refractivity contribution is 0.306. The van der Waals surface area contributed by atoms with Crippen molar-refractivity contribution in [3.05, 3.63) is 58.2 Å². The van der Waals surface area contributed by atoms with E-state index in [1.807, 2.05) is 18.2 Å². The van der Waals surface area contributed by atoms with Gasteiger partial charge in [0, 0.05) is 24.1 Å². The zero-order valence-corrected chi connectivity index (χ0v) is 21.5. The fourth-order valence-electron chi connectivity index (χ4n) is 3.75. The van der Waals surface area contributed by atoms with Crippen LogP contribution in [0.25, 0.3) is 0 Å². The fourth-order valence-corrected chi connectivity index (χ4v) is 4.52. The second kappa shape index (κ2) is 10.7. The number of aromatic nitrogens is 2. The Hall–Kier alpha value is -3.46. The number of nitriles is 1. The van der Waals surface area contributed by atoms with Crippen molar-refractivity contribution in [1.29, 1.82) is 5.26 Å². The lowest BCUT2D eigenvalue weighted by Gasteiger charge is -2.21. The van der Waals surface area contributed by atoms with E-state index in [1.54, 1.807) is 12.1 Å². The Morgan fingerprint density at radius 1 is 1.28 bits per heavy atom. The van der Waals surface area contributed by atoms with Crippen molar-refractivity contribution in [3.8, 4) is 17.6 Å². The minimum absolute atomic E-state index is 0.102. The van der Waals surface area contributed by atoms with Crippen LogP contribution in [-0.2, 0) is 23.1 Å². The Balaban J connectivity index is 1.49. The first kappa shape index (κ1) is 25.6. The van der Waals surface area contributed by atoms with Crippen LogP contribution in [-0.4, -0.2) is 43.7 Å². The molecule has 2 aromatic carbocycles. The van der Waals surface area contributed by atoms with Gasteiger partial charge in [0.1, 0.15) is 30.9 Å². The predicted molar refractivity (Wildman–Crippen MR) is 139 cm³/mol. The molecule has 0 saturated carbocycles. The van der Waals surface area contributed by atoms with Crippen LogP contribution >= 0.6 is 23.2 Å². The molecule has 0 bridgehead atoms. The molecule has 0 unspecified atom stereocenters. The maximum atomic E-state index is 11.3.